The number of aliphatic carboxylic acids is 1. The van der Waals surface area contributed by atoms with Crippen molar-refractivity contribution < 1.29 is 24.2 Å². The summed E-state index contributed by atoms with van der Waals surface area (Å²) < 4.78 is 11.0. The maximum atomic E-state index is 12.2. The Hall–Kier alpha value is -2.08. The first kappa shape index (κ1) is 17.3. The van der Waals surface area contributed by atoms with Crippen LogP contribution < -0.4 is 0 Å². The molecule has 6 nitrogen and oxygen atoms in total. The van der Waals surface area contributed by atoms with E-state index in [2.05, 4.69) is 0 Å². The van der Waals surface area contributed by atoms with Crippen molar-refractivity contribution in [1.29, 1.82) is 0 Å². The van der Waals surface area contributed by atoms with Crippen molar-refractivity contribution in [1.82, 2.24) is 4.90 Å². The van der Waals surface area contributed by atoms with Gasteiger partial charge in [-0.15, -0.1) is 0 Å². The smallest absolute Gasteiger partial charge is 0.411 e. The van der Waals surface area contributed by atoms with E-state index < -0.39 is 29.8 Å². The second kappa shape index (κ2) is 7.00. The fourth-order valence-corrected chi connectivity index (χ4v) is 2.53. The van der Waals surface area contributed by atoms with Crippen molar-refractivity contribution >= 4 is 12.1 Å². The lowest BCUT2D eigenvalue weighted by molar-refractivity contribution is -0.146. The molecule has 2 rings (SSSR count). The number of carboxylic acids is 1. The molecular weight excluding hydrogens is 298 g/mol. The lowest BCUT2D eigenvalue weighted by atomic mass is 10.1. The van der Waals surface area contributed by atoms with Crippen molar-refractivity contribution in [3.63, 3.8) is 0 Å². The first-order chi connectivity index (χ1) is 10.8. The van der Waals surface area contributed by atoms with Crippen molar-refractivity contribution in [2.45, 2.75) is 51.5 Å². The minimum absolute atomic E-state index is 0.311. The number of amides is 1. The Morgan fingerprint density at radius 2 is 1.91 bits per heavy atom. The quantitative estimate of drug-likeness (QED) is 0.922. The Bertz CT molecular complexity index is 552. The van der Waals surface area contributed by atoms with Crippen LogP contribution in [0.5, 0.6) is 0 Å². The van der Waals surface area contributed by atoms with E-state index in [1.807, 2.05) is 30.3 Å². The van der Waals surface area contributed by atoms with Gasteiger partial charge in [-0.1, -0.05) is 30.3 Å². The van der Waals surface area contributed by atoms with E-state index in [-0.39, 0.29) is 0 Å². The first-order valence-electron chi connectivity index (χ1n) is 7.66. The highest BCUT2D eigenvalue weighted by Crippen LogP contribution is 2.25. The van der Waals surface area contributed by atoms with Crippen molar-refractivity contribution in [2.24, 2.45) is 0 Å². The van der Waals surface area contributed by atoms with E-state index in [4.69, 9.17) is 9.47 Å². The third-order valence-electron chi connectivity index (χ3n) is 3.53. The Labute approximate surface area is 136 Å². The van der Waals surface area contributed by atoms with Gasteiger partial charge in [0.25, 0.3) is 0 Å². The average Bonchev–Trinajstić information content (AvgIpc) is 2.88. The molecule has 1 aliphatic heterocycles. The lowest BCUT2D eigenvalue weighted by Crippen LogP contribution is -2.47. The summed E-state index contributed by atoms with van der Waals surface area (Å²) >= 11 is 0. The second-order valence-corrected chi connectivity index (χ2v) is 6.58. The van der Waals surface area contributed by atoms with Crippen LogP contribution in [-0.2, 0) is 20.9 Å². The number of hydrogen-bond donors (Lipinski definition) is 1. The molecular formula is C17H23NO5. The van der Waals surface area contributed by atoms with Crippen molar-refractivity contribution in [3.05, 3.63) is 35.9 Å². The van der Waals surface area contributed by atoms with E-state index in [0.29, 0.717) is 19.6 Å². The molecule has 0 bridgehead atoms. The van der Waals surface area contributed by atoms with Crippen molar-refractivity contribution in [2.75, 3.05) is 6.54 Å². The number of ether oxygens (including phenoxy) is 2. The standard InChI is InChI=1S/C17H23NO5/c1-17(2,3)23-16(21)18-10-9-13(14(18)15(19)20)22-11-12-7-5-4-6-8-12/h4-8,13-14H,9-11H2,1-3H3,(H,19,20)/t13-,14-/m0/s1. The van der Waals surface area contributed by atoms with Crippen LogP contribution in [0.4, 0.5) is 4.79 Å². The molecule has 1 aliphatic rings. The number of carbonyl (C=O) groups excluding carboxylic acids is 1. The van der Waals surface area contributed by atoms with Crippen LogP contribution in [0.2, 0.25) is 0 Å². The Morgan fingerprint density at radius 1 is 1.26 bits per heavy atom. The molecule has 1 heterocycles. The zero-order valence-corrected chi connectivity index (χ0v) is 13.7. The fraction of sp³-hybridized carbons (Fsp3) is 0.529. The third kappa shape index (κ3) is 4.69. The summed E-state index contributed by atoms with van der Waals surface area (Å²) in [6.45, 7) is 5.88. The number of benzene rings is 1. The van der Waals surface area contributed by atoms with Crippen LogP contribution in [-0.4, -0.2) is 46.4 Å². The third-order valence-corrected chi connectivity index (χ3v) is 3.53. The number of nitrogens with zero attached hydrogens (tertiary/aromatic N) is 1. The van der Waals surface area contributed by atoms with E-state index in [0.717, 1.165) is 5.56 Å². The minimum atomic E-state index is -1.08. The molecule has 1 fully saturated rings. The normalized spacial score (nSPS) is 21.3. The molecule has 0 radical (unpaired) electrons. The van der Waals surface area contributed by atoms with Crippen LogP contribution >= 0.6 is 0 Å². The molecule has 0 spiro atoms. The first-order valence-corrected chi connectivity index (χ1v) is 7.66. The predicted molar refractivity (Wildman–Crippen MR) is 84.0 cm³/mol. The monoisotopic (exact) mass is 321 g/mol. The van der Waals surface area contributed by atoms with Crippen LogP contribution in [0.15, 0.2) is 30.3 Å². The summed E-state index contributed by atoms with van der Waals surface area (Å²) in [6, 6.07) is 8.51. The van der Waals surface area contributed by atoms with Gasteiger partial charge in [0.1, 0.15) is 5.60 Å². The van der Waals surface area contributed by atoms with Crippen LogP contribution in [0, 0.1) is 0 Å². The lowest BCUT2D eigenvalue weighted by Gasteiger charge is -2.28. The number of likely N-dealkylation sites (tertiary alicyclic amines) is 1. The van der Waals surface area contributed by atoms with Crippen LogP contribution in [0.25, 0.3) is 0 Å². The SMILES string of the molecule is CC(C)(C)OC(=O)N1CC[C@H](OCc2ccccc2)[C@H]1C(=O)O. The molecule has 0 aliphatic carbocycles. The Morgan fingerprint density at radius 3 is 2.48 bits per heavy atom. The van der Waals surface area contributed by atoms with Crippen molar-refractivity contribution in [3.8, 4) is 0 Å². The predicted octanol–water partition coefficient (Wildman–Crippen LogP) is 2.67. The van der Waals surface area contributed by atoms with E-state index in [1.165, 1.54) is 4.90 Å². The Kier molecular flexibility index (Phi) is 5.26. The molecule has 1 aromatic carbocycles. The maximum Gasteiger partial charge on any atom is 0.411 e. The summed E-state index contributed by atoms with van der Waals surface area (Å²) in [5.41, 5.74) is 0.302. The van der Waals surface area contributed by atoms with Gasteiger partial charge in [-0.3, -0.25) is 4.90 Å². The van der Waals surface area contributed by atoms with Crippen LogP contribution in [0.1, 0.15) is 32.8 Å². The van der Waals surface area contributed by atoms with Crippen LogP contribution in [0.3, 0.4) is 0 Å². The van der Waals surface area contributed by atoms with Gasteiger partial charge in [0.05, 0.1) is 12.7 Å². The van der Waals surface area contributed by atoms with Gasteiger partial charge in [-0.05, 0) is 32.8 Å². The topological polar surface area (TPSA) is 76.1 Å². The van der Waals surface area contributed by atoms with Gasteiger partial charge in [0.15, 0.2) is 6.04 Å². The fourth-order valence-electron chi connectivity index (χ4n) is 2.53. The van der Waals surface area contributed by atoms with E-state index in [1.54, 1.807) is 20.8 Å². The maximum absolute atomic E-state index is 12.2. The molecule has 1 N–H and O–H groups in total. The molecule has 0 unspecified atom stereocenters. The Balaban J connectivity index is 2.01. The van der Waals surface area contributed by atoms with Gasteiger partial charge < -0.3 is 14.6 Å². The van der Waals surface area contributed by atoms with Gasteiger partial charge in [0, 0.05) is 6.54 Å². The molecule has 1 saturated heterocycles. The van der Waals surface area contributed by atoms with Gasteiger partial charge in [0.2, 0.25) is 0 Å². The molecule has 126 valence electrons. The highest BCUT2D eigenvalue weighted by molar-refractivity contribution is 5.81. The number of carboxylic acid groups (broad SMARTS) is 1. The minimum Gasteiger partial charge on any atom is -0.480 e. The zero-order valence-electron chi connectivity index (χ0n) is 13.7. The summed E-state index contributed by atoms with van der Waals surface area (Å²) in [5, 5.41) is 9.47. The highest BCUT2D eigenvalue weighted by Gasteiger charge is 2.44. The summed E-state index contributed by atoms with van der Waals surface area (Å²) in [5.74, 6) is -1.08. The number of carbonyl (C=O) groups is 2. The largest absolute Gasteiger partial charge is 0.480 e. The highest BCUT2D eigenvalue weighted by atomic mass is 16.6. The molecule has 1 amide bonds. The summed E-state index contributed by atoms with van der Waals surface area (Å²) in [7, 11) is 0. The molecule has 0 saturated carbocycles. The molecule has 0 aromatic heterocycles. The van der Waals surface area contributed by atoms with Gasteiger partial charge in [-0.25, -0.2) is 9.59 Å². The molecule has 6 heteroatoms. The molecule has 23 heavy (non-hydrogen) atoms. The van der Waals surface area contributed by atoms with Gasteiger partial charge in [-0.2, -0.15) is 0 Å². The molecule has 2 atom stereocenters. The average molecular weight is 321 g/mol. The summed E-state index contributed by atoms with van der Waals surface area (Å²) in [4.78, 5) is 25.0. The number of hydrogen-bond acceptors (Lipinski definition) is 4. The zero-order chi connectivity index (χ0) is 17.0. The number of rotatable bonds is 4. The van der Waals surface area contributed by atoms with E-state index >= 15 is 0 Å². The van der Waals surface area contributed by atoms with Gasteiger partial charge >= 0.3 is 12.1 Å². The second-order valence-electron chi connectivity index (χ2n) is 6.58. The summed E-state index contributed by atoms with van der Waals surface area (Å²) in [6.07, 6.45) is -0.681. The molecule has 1 aromatic rings. The van der Waals surface area contributed by atoms with E-state index in [9.17, 15) is 14.7 Å².